The molecule has 0 bridgehead atoms. The van der Waals surface area contributed by atoms with Crippen LogP contribution in [0.2, 0.25) is 0 Å². The van der Waals surface area contributed by atoms with E-state index in [2.05, 4.69) is 11.5 Å². The van der Waals surface area contributed by atoms with E-state index >= 15 is 0 Å². The number of carbonyl (C=O) groups excluding carboxylic acids is 1. The number of nitrogens with zero attached hydrogens (tertiary/aromatic N) is 1. The van der Waals surface area contributed by atoms with Gasteiger partial charge in [-0.1, -0.05) is 24.3 Å². The molecule has 2 rings (SSSR count). The predicted molar refractivity (Wildman–Crippen MR) is 86.8 cm³/mol. The zero-order chi connectivity index (χ0) is 16.2. The molecular weight excluding hydrogens is 278 g/mol. The van der Waals surface area contributed by atoms with Gasteiger partial charge in [0, 0.05) is 19.0 Å². The molecule has 4 nitrogen and oxygen atoms in total. The van der Waals surface area contributed by atoms with E-state index in [0.29, 0.717) is 13.2 Å². The summed E-state index contributed by atoms with van der Waals surface area (Å²) in [6.07, 6.45) is 1.81. The summed E-state index contributed by atoms with van der Waals surface area (Å²) in [6, 6.07) is 9.41. The fraction of sp³-hybridized carbons (Fsp3) is 0.500. The van der Waals surface area contributed by atoms with Gasteiger partial charge in [0.15, 0.2) is 0 Å². The first kappa shape index (κ1) is 16.6. The summed E-state index contributed by atoms with van der Waals surface area (Å²) in [4.78, 5) is 14.5. The Kier molecular flexibility index (Phi) is 5.24. The minimum absolute atomic E-state index is 0.148. The molecule has 2 atom stereocenters. The molecule has 1 aromatic rings. The van der Waals surface area contributed by atoms with Crippen LogP contribution in [0.5, 0.6) is 5.75 Å². The molecule has 1 aliphatic heterocycles. The molecule has 0 N–H and O–H groups in total. The third kappa shape index (κ3) is 4.34. The molecule has 1 aliphatic rings. The normalized spacial score (nSPS) is 21.8. The van der Waals surface area contributed by atoms with E-state index in [4.69, 9.17) is 9.47 Å². The van der Waals surface area contributed by atoms with E-state index in [1.54, 1.807) is 0 Å². The van der Waals surface area contributed by atoms with Crippen LogP contribution in [-0.4, -0.2) is 42.2 Å². The van der Waals surface area contributed by atoms with Crippen molar-refractivity contribution in [2.75, 3.05) is 19.7 Å². The van der Waals surface area contributed by atoms with Gasteiger partial charge in [0.2, 0.25) is 0 Å². The van der Waals surface area contributed by atoms with E-state index in [0.717, 1.165) is 12.3 Å². The van der Waals surface area contributed by atoms with Crippen LogP contribution in [0.3, 0.4) is 0 Å². The molecule has 4 heteroatoms. The van der Waals surface area contributed by atoms with Crippen LogP contribution in [0.1, 0.15) is 20.8 Å². The quantitative estimate of drug-likeness (QED) is 0.598. The molecule has 0 aliphatic carbocycles. The molecule has 0 amide bonds. The zero-order valence-corrected chi connectivity index (χ0v) is 13.6. The van der Waals surface area contributed by atoms with E-state index in [1.165, 1.54) is 0 Å². The van der Waals surface area contributed by atoms with Crippen molar-refractivity contribution in [2.24, 2.45) is 5.92 Å². The Bertz CT molecular complexity index is 507. The number of likely N-dealkylation sites (tertiary alicyclic amines) is 1. The smallest absolute Gasteiger partial charge is 0.324 e. The van der Waals surface area contributed by atoms with Crippen molar-refractivity contribution < 1.29 is 14.3 Å². The first-order chi connectivity index (χ1) is 10.4. The maximum Gasteiger partial charge on any atom is 0.324 e. The molecular formula is C18H25NO3. The summed E-state index contributed by atoms with van der Waals surface area (Å²) < 4.78 is 11.3. The number of esters is 1. The summed E-state index contributed by atoms with van der Waals surface area (Å²) in [5.41, 5.74) is -0.475. The zero-order valence-electron chi connectivity index (χ0n) is 13.6. The lowest BCUT2D eigenvalue weighted by Gasteiger charge is -2.46. The average molecular weight is 303 g/mol. The molecule has 1 saturated heterocycles. The maximum atomic E-state index is 12.4. The van der Waals surface area contributed by atoms with Crippen molar-refractivity contribution >= 4 is 5.97 Å². The van der Waals surface area contributed by atoms with Crippen molar-refractivity contribution in [1.29, 1.82) is 0 Å². The second-order valence-corrected chi connectivity index (χ2v) is 6.61. The number of benzene rings is 1. The van der Waals surface area contributed by atoms with Crippen molar-refractivity contribution in [3.05, 3.63) is 43.0 Å². The Morgan fingerprint density at radius 3 is 2.64 bits per heavy atom. The van der Waals surface area contributed by atoms with Gasteiger partial charge in [-0.3, -0.25) is 9.69 Å². The van der Waals surface area contributed by atoms with Gasteiger partial charge in [0.25, 0.3) is 0 Å². The molecule has 0 spiro atoms. The lowest BCUT2D eigenvalue weighted by atomic mass is 9.89. The van der Waals surface area contributed by atoms with Crippen LogP contribution in [0.4, 0.5) is 0 Å². The van der Waals surface area contributed by atoms with Gasteiger partial charge in [-0.25, -0.2) is 0 Å². The van der Waals surface area contributed by atoms with Gasteiger partial charge < -0.3 is 9.47 Å². The number of hydrogen-bond donors (Lipinski definition) is 0. The highest BCUT2D eigenvalue weighted by Crippen LogP contribution is 2.28. The highest BCUT2D eigenvalue weighted by molar-refractivity contribution is 5.78. The van der Waals surface area contributed by atoms with E-state index in [1.807, 2.05) is 57.2 Å². The molecule has 0 unspecified atom stereocenters. The van der Waals surface area contributed by atoms with Crippen LogP contribution >= 0.6 is 0 Å². The van der Waals surface area contributed by atoms with E-state index in [9.17, 15) is 4.79 Å². The second-order valence-electron chi connectivity index (χ2n) is 6.61. The highest BCUT2D eigenvalue weighted by Gasteiger charge is 2.45. The van der Waals surface area contributed by atoms with Crippen LogP contribution in [-0.2, 0) is 9.53 Å². The Balaban J connectivity index is 1.95. The van der Waals surface area contributed by atoms with Crippen molar-refractivity contribution in [2.45, 2.75) is 32.4 Å². The van der Waals surface area contributed by atoms with Gasteiger partial charge >= 0.3 is 5.97 Å². The fourth-order valence-electron chi connectivity index (χ4n) is 2.60. The molecule has 22 heavy (non-hydrogen) atoms. The van der Waals surface area contributed by atoms with Crippen molar-refractivity contribution in [3.63, 3.8) is 0 Å². The third-order valence-electron chi connectivity index (χ3n) is 3.53. The van der Waals surface area contributed by atoms with E-state index in [-0.39, 0.29) is 17.9 Å². The number of ether oxygens (including phenoxy) is 2. The minimum atomic E-state index is -0.475. The van der Waals surface area contributed by atoms with Gasteiger partial charge in [0.05, 0.1) is 6.61 Å². The van der Waals surface area contributed by atoms with Crippen molar-refractivity contribution in [1.82, 2.24) is 4.90 Å². The SMILES string of the molecule is C=CCN1C[C@@H](COc2ccccc2)[C@H]1C(=O)OC(C)(C)C. The summed E-state index contributed by atoms with van der Waals surface area (Å²) in [6.45, 7) is 11.4. The second kappa shape index (κ2) is 6.97. The highest BCUT2D eigenvalue weighted by atomic mass is 16.6. The van der Waals surface area contributed by atoms with Crippen LogP contribution in [0, 0.1) is 5.92 Å². The lowest BCUT2D eigenvalue weighted by Crippen LogP contribution is -2.62. The Morgan fingerprint density at radius 1 is 1.36 bits per heavy atom. The molecule has 1 aromatic carbocycles. The predicted octanol–water partition coefficient (Wildman–Crippen LogP) is 2.89. The number of carbonyl (C=O) groups is 1. The number of hydrogen-bond acceptors (Lipinski definition) is 4. The fourth-order valence-corrected chi connectivity index (χ4v) is 2.60. The van der Waals surface area contributed by atoms with Crippen LogP contribution < -0.4 is 4.74 Å². The van der Waals surface area contributed by atoms with Gasteiger partial charge in [-0.15, -0.1) is 6.58 Å². The first-order valence-corrected chi connectivity index (χ1v) is 7.66. The first-order valence-electron chi connectivity index (χ1n) is 7.66. The molecule has 0 aromatic heterocycles. The average Bonchev–Trinajstić information content (AvgIpc) is 2.40. The molecule has 1 fully saturated rings. The number of para-hydroxylation sites is 1. The van der Waals surface area contributed by atoms with Crippen LogP contribution in [0.15, 0.2) is 43.0 Å². The lowest BCUT2D eigenvalue weighted by molar-refractivity contribution is -0.172. The van der Waals surface area contributed by atoms with Gasteiger partial charge in [-0.2, -0.15) is 0 Å². The van der Waals surface area contributed by atoms with E-state index < -0.39 is 5.60 Å². The Morgan fingerprint density at radius 2 is 2.05 bits per heavy atom. The standard InChI is InChI=1S/C18H25NO3/c1-5-11-19-12-14(13-21-15-9-7-6-8-10-15)16(19)17(20)22-18(2,3)4/h5-10,14,16H,1,11-13H2,2-4H3/t14-,16-/m0/s1. The molecule has 1 heterocycles. The Labute approximate surface area is 132 Å². The largest absolute Gasteiger partial charge is 0.493 e. The maximum absolute atomic E-state index is 12.4. The topological polar surface area (TPSA) is 38.8 Å². The summed E-state index contributed by atoms with van der Waals surface area (Å²) in [5.74, 6) is 0.796. The molecule has 0 saturated carbocycles. The minimum Gasteiger partial charge on any atom is -0.493 e. The van der Waals surface area contributed by atoms with Gasteiger partial charge in [-0.05, 0) is 32.9 Å². The Hall–Kier alpha value is -1.81. The monoisotopic (exact) mass is 303 g/mol. The summed E-state index contributed by atoms with van der Waals surface area (Å²) in [5, 5.41) is 0. The molecule has 120 valence electrons. The van der Waals surface area contributed by atoms with Crippen LogP contribution in [0.25, 0.3) is 0 Å². The summed E-state index contributed by atoms with van der Waals surface area (Å²) >= 11 is 0. The van der Waals surface area contributed by atoms with Gasteiger partial charge in [0.1, 0.15) is 17.4 Å². The number of rotatable bonds is 6. The van der Waals surface area contributed by atoms with Crippen molar-refractivity contribution in [3.8, 4) is 5.75 Å². The third-order valence-corrected chi connectivity index (χ3v) is 3.53. The molecule has 0 radical (unpaired) electrons. The summed E-state index contributed by atoms with van der Waals surface area (Å²) in [7, 11) is 0.